The van der Waals surface area contributed by atoms with Crippen molar-refractivity contribution in [2.45, 2.75) is 19.0 Å². The number of nitrogens with zero attached hydrogens (tertiary/aromatic N) is 3. The molecule has 0 amide bonds. The summed E-state index contributed by atoms with van der Waals surface area (Å²) in [4.78, 5) is 11.8. The maximum absolute atomic E-state index is 6.16. The van der Waals surface area contributed by atoms with Crippen molar-refractivity contribution in [2.24, 2.45) is 9.98 Å². The van der Waals surface area contributed by atoms with Gasteiger partial charge in [0.2, 0.25) is 0 Å². The van der Waals surface area contributed by atoms with Gasteiger partial charge in [-0.3, -0.25) is 4.99 Å². The molecule has 4 nitrogen and oxygen atoms in total. The molecule has 0 aliphatic carbocycles. The first kappa shape index (κ1) is 23.4. The third-order valence-corrected chi connectivity index (χ3v) is 7.04. The molecule has 0 saturated heterocycles. The normalized spacial score (nSPS) is 18.8. The molecule has 0 radical (unpaired) electrons. The van der Waals surface area contributed by atoms with Gasteiger partial charge in [-0.25, -0.2) is 4.99 Å². The molecule has 30 heavy (non-hydrogen) atoms. The summed E-state index contributed by atoms with van der Waals surface area (Å²) in [5, 5.41) is 8.63. The van der Waals surface area contributed by atoms with Crippen molar-refractivity contribution in [1.82, 2.24) is 10.2 Å². The van der Waals surface area contributed by atoms with Crippen LogP contribution in [0.25, 0.3) is 0 Å². The molecule has 3 aliphatic heterocycles. The maximum Gasteiger partial charge on any atom is 0.173 e. The molecular formula is C21H21Cl3N4S2. The molecule has 0 aromatic heterocycles. The average molecular weight is 500 g/mol. The SMILES string of the molecule is Cl.Cl.Clc1ccc2c(c1)CN1C(CSC3=NCC(Cc4ccccc4)N3)=CSC1=N2. The Bertz CT molecular complexity index is 995. The molecule has 5 rings (SSSR count). The highest BCUT2D eigenvalue weighted by Crippen LogP contribution is 2.38. The number of amidine groups is 2. The van der Waals surface area contributed by atoms with Gasteiger partial charge in [0.05, 0.1) is 24.8 Å². The molecule has 2 aromatic carbocycles. The quantitative estimate of drug-likeness (QED) is 0.570. The van der Waals surface area contributed by atoms with Crippen molar-refractivity contribution in [3.05, 3.63) is 75.8 Å². The fourth-order valence-corrected chi connectivity index (χ4v) is 5.66. The third kappa shape index (κ3) is 5.11. The van der Waals surface area contributed by atoms with E-state index in [1.807, 2.05) is 18.2 Å². The van der Waals surface area contributed by atoms with Crippen molar-refractivity contribution >= 4 is 76.0 Å². The van der Waals surface area contributed by atoms with Crippen molar-refractivity contribution in [3.63, 3.8) is 0 Å². The van der Waals surface area contributed by atoms with E-state index in [9.17, 15) is 0 Å². The number of fused-ring (bicyclic) bond motifs is 2. The summed E-state index contributed by atoms with van der Waals surface area (Å²) in [5.41, 5.74) is 4.82. The third-order valence-electron chi connectivity index (χ3n) is 4.93. The number of benzene rings is 2. The molecule has 1 atom stereocenters. The summed E-state index contributed by atoms with van der Waals surface area (Å²) in [6.07, 6.45) is 1.01. The van der Waals surface area contributed by atoms with Gasteiger partial charge in [0.1, 0.15) is 0 Å². The molecule has 3 aliphatic rings. The lowest BCUT2D eigenvalue weighted by molar-refractivity contribution is 0.519. The second-order valence-electron chi connectivity index (χ2n) is 6.95. The fraction of sp³-hybridized carbons (Fsp3) is 0.238. The number of rotatable bonds is 4. The fourth-order valence-electron chi connectivity index (χ4n) is 3.50. The Morgan fingerprint density at radius 2 is 2.00 bits per heavy atom. The van der Waals surface area contributed by atoms with E-state index in [4.69, 9.17) is 21.6 Å². The molecule has 0 fully saturated rings. The van der Waals surface area contributed by atoms with Crippen molar-refractivity contribution < 1.29 is 0 Å². The van der Waals surface area contributed by atoms with E-state index >= 15 is 0 Å². The Hall–Kier alpha value is -1.31. The second-order valence-corrected chi connectivity index (χ2v) is 9.18. The average Bonchev–Trinajstić information content (AvgIpc) is 3.32. The van der Waals surface area contributed by atoms with E-state index in [1.165, 1.54) is 16.8 Å². The van der Waals surface area contributed by atoms with Gasteiger partial charge in [-0.1, -0.05) is 65.5 Å². The highest BCUT2D eigenvalue weighted by molar-refractivity contribution is 8.17. The second kappa shape index (κ2) is 10.3. The molecule has 158 valence electrons. The van der Waals surface area contributed by atoms with Crippen LogP contribution in [0.2, 0.25) is 5.02 Å². The minimum atomic E-state index is 0. The minimum absolute atomic E-state index is 0. The number of aliphatic imine (C=N–C) groups is 2. The predicted molar refractivity (Wildman–Crippen MR) is 136 cm³/mol. The number of nitrogens with one attached hydrogen (secondary N) is 1. The Kier molecular flexibility index (Phi) is 8.04. The number of hydrogen-bond acceptors (Lipinski definition) is 6. The summed E-state index contributed by atoms with van der Waals surface area (Å²) in [5.74, 6) is 0.881. The molecule has 0 saturated carbocycles. The lowest BCUT2D eigenvalue weighted by Gasteiger charge is -2.27. The Morgan fingerprint density at radius 3 is 2.83 bits per heavy atom. The first-order valence-electron chi connectivity index (χ1n) is 9.23. The van der Waals surface area contributed by atoms with Gasteiger partial charge in [0.25, 0.3) is 0 Å². The Morgan fingerprint density at radius 1 is 1.17 bits per heavy atom. The smallest absolute Gasteiger partial charge is 0.173 e. The first-order valence-corrected chi connectivity index (χ1v) is 11.5. The van der Waals surface area contributed by atoms with Gasteiger partial charge in [0.15, 0.2) is 10.3 Å². The highest BCUT2D eigenvalue weighted by Gasteiger charge is 2.28. The van der Waals surface area contributed by atoms with E-state index in [-0.39, 0.29) is 24.8 Å². The van der Waals surface area contributed by atoms with E-state index in [0.29, 0.717) is 6.04 Å². The van der Waals surface area contributed by atoms with E-state index in [2.05, 4.69) is 46.0 Å². The van der Waals surface area contributed by atoms with Crippen LogP contribution >= 0.6 is 59.9 Å². The van der Waals surface area contributed by atoms with Crippen LogP contribution in [0.5, 0.6) is 0 Å². The topological polar surface area (TPSA) is 40.0 Å². The molecule has 1 N–H and O–H groups in total. The largest absolute Gasteiger partial charge is 0.360 e. The van der Waals surface area contributed by atoms with Crippen LogP contribution in [0, 0.1) is 0 Å². The lowest BCUT2D eigenvalue weighted by atomic mass is 10.1. The molecule has 0 spiro atoms. The summed E-state index contributed by atoms with van der Waals surface area (Å²) in [6, 6.07) is 16.9. The predicted octanol–water partition coefficient (Wildman–Crippen LogP) is 5.88. The molecule has 2 aromatic rings. The monoisotopic (exact) mass is 498 g/mol. The van der Waals surface area contributed by atoms with Gasteiger partial charge in [-0.2, -0.15) is 0 Å². The zero-order valence-corrected chi connectivity index (χ0v) is 20.0. The molecule has 3 heterocycles. The van der Waals surface area contributed by atoms with Crippen molar-refractivity contribution in [3.8, 4) is 0 Å². The van der Waals surface area contributed by atoms with E-state index < -0.39 is 0 Å². The van der Waals surface area contributed by atoms with Crippen LogP contribution < -0.4 is 5.32 Å². The van der Waals surface area contributed by atoms with Crippen LogP contribution in [0.4, 0.5) is 5.69 Å². The molecule has 0 bridgehead atoms. The standard InChI is InChI=1S/C21H19ClN4S2.2ClH/c22-16-6-7-19-15(9-16)11-26-18(13-28-21(26)25-19)12-27-20-23-10-17(24-20)8-14-4-2-1-3-5-14;;/h1-7,9,13,17H,8,10-12H2,(H,23,24);2*1H. The summed E-state index contributed by atoms with van der Waals surface area (Å²) in [7, 11) is 0. The minimum Gasteiger partial charge on any atom is -0.360 e. The molecular weight excluding hydrogens is 479 g/mol. The van der Waals surface area contributed by atoms with Crippen molar-refractivity contribution in [2.75, 3.05) is 12.3 Å². The van der Waals surface area contributed by atoms with Gasteiger partial charge in [-0.05, 0) is 41.2 Å². The maximum atomic E-state index is 6.16. The van der Waals surface area contributed by atoms with Crippen LogP contribution in [0.15, 0.2) is 69.6 Å². The van der Waals surface area contributed by atoms with E-state index in [0.717, 1.165) is 46.3 Å². The number of halogens is 3. The zero-order valence-electron chi connectivity index (χ0n) is 16.0. The molecule has 1 unspecified atom stereocenters. The van der Waals surface area contributed by atoms with Crippen LogP contribution in [0.1, 0.15) is 11.1 Å². The molecule has 9 heteroatoms. The zero-order chi connectivity index (χ0) is 18.9. The summed E-state index contributed by atoms with van der Waals surface area (Å²) in [6.45, 7) is 1.66. The van der Waals surface area contributed by atoms with Gasteiger partial charge in [0, 0.05) is 16.5 Å². The van der Waals surface area contributed by atoms with Crippen LogP contribution in [-0.4, -0.2) is 33.6 Å². The van der Waals surface area contributed by atoms with Crippen LogP contribution in [-0.2, 0) is 13.0 Å². The Labute approximate surface area is 202 Å². The van der Waals surface area contributed by atoms with Crippen molar-refractivity contribution in [1.29, 1.82) is 0 Å². The van der Waals surface area contributed by atoms with Gasteiger partial charge >= 0.3 is 0 Å². The van der Waals surface area contributed by atoms with Gasteiger partial charge < -0.3 is 10.2 Å². The number of thioether (sulfide) groups is 2. The highest BCUT2D eigenvalue weighted by atomic mass is 35.5. The summed E-state index contributed by atoms with van der Waals surface area (Å²) >= 11 is 9.62. The van der Waals surface area contributed by atoms with Gasteiger partial charge in [-0.15, -0.1) is 24.8 Å². The lowest BCUT2D eigenvalue weighted by Crippen LogP contribution is -2.31. The van der Waals surface area contributed by atoms with Crippen LogP contribution in [0.3, 0.4) is 0 Å². The summed E-state index contributed by atoms with van der Waals surface area (Å²) < 4.78 is 0. The Balaban J connectivity index is 0.00000128. The number of hydrogen-bond donors (Lipinski definition) is 1. The van der Waals surface area contributed by atoms with E-state index in [1.54, 1.807) is 23.5 Å². The first-order chi connectivity index (χ1) is 13.7.